The summed E-state index contributed by atoms with van der Waals surface area (Å²) in [6.45, 7) is 5.88. The third-order valence-corrected chi connectivity index (χ3v) is 12.2. The lowest BCUT2D eigenvalue weighted by Crippen LogP contribution is -2.47. The summed E-state index contributed by atoms with van der Waals surface area (Å²) < 4.78 is 70.5. The average Bonchev–Trinajstić information content (AvgIpc) is 3.37. The number of ether oxygens (including phenoxy) is 3. The molecule has 2 aromatic rings. The summed E-state index contributed by atoms with van der Waals surface area (Å²) in [6, 6.07) is 7.95. The van der Waals surface area contributed by atoms with Crippen LogP contribution >= 0.6 is 0 Å². The van der Waals surface area contributed by atoms with Crippen LogP contribution in [0.5, 0.6) is 11.6 Å². The van der Waals surface area contributed by atoms with Crippen molar-refractivity contribution in [3.8, 4) is 11.6 Å². The number of fused-ring (bicyclic) bond motifs is 1. The standard InChI is InChI=1S/C28H40N4O8S2/c1-20(2)41(34,35)24-6-4-5-23(13-24)39-19-22(33)16-29-21-15-28(40-18-21)7-9-32(10-8-28)42(36,37)25-14-26-27(30-17-25)38-12-11-31(26)3/h4-6,13-14,17,20-22,29,33H,7-12,15-16,18-19H2,1-3H3/t21-,22+/m1/s1. The molecule has 2 saturated heterocycles. The van der Waals surface area contributed by atoms with Gasteiger partial charge in [-0.05, 0) is 57.4 Å². The molecule has 0 radical (unpaired) electrons. The van der Waals surface area contributed by atoms with Crippen LogP contribution in [-0.4, -0.2) is 107 Å². The third-order valence-electron chi connectivity index (χ3n) is 8.20. The van der Waals surface area contributed by atoms with Gasteiger partial charge in [-0.2, -0.15) is 4.31 Å². The van der Waals surface area contributed by atoms with E-state index in [0.29, 0.717) is 69.4 Å². The molecule has 5 rings (SSSR count). The van der Waals surface area contributed by atoms with Crippen molar-refractivity contribution < 1.29 is 36.2 Å². The number of benzene rings is 1. The summed E-state index contributed by atoms with van der Waals surface area (Å²) in [6.07, 6.45) is 2.42. The lowest BCUT2D eigenvalue weighted by atomic mass is 9.88. The van der Waals surface area contributed by atoms with Gasteiger partial charge in [0, 0.05) is 32.7 Å². The van der Waals surface area contributed by atoms with Crippen molar-refractivity contribution in [3.05, 3.63) is 36.5 Å². The minimum absolute atomic E-state index is 0.00316. The second kappa shape index (κ2) is 12.2. The van der Waals surface area contributed by atoms with Gasteiger partial charge in [0.05, 0.1) is 35.1 Å². The van der Waals surface area contributed by atoms with E-state index in [4.69, 9.17) is 14.2 Å². The van der Waals surface area contributed by atoms with E-state index in [0.717, 1.165) is 0 Å². The SMILES string of the molecule is CC(C)S(=O)(=O)c1cccc(OC[C@@H](O)CN[C@H]2COC3(CCN(S(=O)(=O)c4cnc5c(c4)N(C)CCO5)CC3)C2)c1. The van der Waals surface area contributed by atoms with E-state index in [-0.39, 0.29) is 29.0 Å². The predicted octanol–water partition coefficient (Wildman–Crippen LogP) is 1.43. The zero-order valence-corrected chi connectivity index (χ0v) is 25.9. The van der Waals surface area contributed by atoms with Crippen molar-refractivity contribution in [1.29, 1.82) is 0 Å². The maximum Gasteiger partial charge on any atom is 0.244 e. The van der Waals surface area contributed by atoms with E-state index < -0.39 is 36.8 Å². The van der Waals surface area contributed by atoms with E-state index in [9.17, 15) is 21.9 Å². The summed E-state index contributed by atoms with van der Waals surface area (Å²) in [5, 5.41) is 13.3. The van der Waals surface area contributed by atoms with E-state index in [1.165, 1.54) is 22.6 Å². The average molecular weight is 625 g/mol. The van der Waals surface area contributed by atoms with Crippen LogP contribution in [0, 0.1) is 0 Å². The van der Waals surface area contributed by atoms with Crippen molar-refractivity contribution in [3.63, 3.8) is 0 Å². The molecule has 1 spiro atoms. The normalized spacial score (nSPS) is 21.7. The lowest BCUT2D eigenvalue weighted by molar-refractivity contribution is -0.0312. The van der Waals surface area contributed by atoms with Crippen LogP contribution in [0.3, 0.4) is 0 Å². The highest BCUT2D eigenvalue weighted by Gasteiger charge is 2.45. The number of pyridine rings is 1. The van der Waals surface area contributed by atoms with Crippen molar-refractivity contribution in [2.24, 2.45) is 0 Å². The number of aromatic nitrogens is 1. The highest BCUT2D eigenvalue weighted by atomic mass is 32.2. The number of rotatable bonds is 10. The lowest BCUT2D eigenvalue weighted by Gasteiger charge is -2.38. The van der Waals surface area contributed by atoms with Gasteiger partial charge < -0.3 is 29.5 Å². The molecule has 12 nitrogen and oxygen atoms in total. The Morgan fingerprint density at radius 3 is 2.64 bits per heavy atom. The Hall–Kier alpha value is -2.49. The Kier molecular flexibility index (Phi) is 9.03. The molecule has 3 aliphatic heterocycles. The Bertz CT molecular complexity index is 1480. The van der Waals surface area contributed by atoms with Crippen LogP contribution < -0.4 is 19.7 Å². The summed E-state index contributed by atoms with van der Waals surface area (Å²) in [4.78, 5) is 6.53. The maximum absolute atomic E-state index is 13.4. The monoisotopic (exact) mass is 624 g/mol. The number of likely N-dealkylation sites (N-methyl/N-ethyl adjacent to an activating group) is 1. The van der Waals surface area contributed by atoms with Gasteiger partial charge in [-0.25, -0.2) is 21.8 Å². The Balaban J connectivity index is 1.09. The maximum atomic E-state index is 13.4. The Labute approximate surface area is 247 Å². The molecule has 232 valence electrons. The number of aliphatic hydroxyl groups is 1. The summed E-state index contributed by atoms with van der Waals surface area (Å²) >= 11 is 0. The molecule has 2 atom stereocenters. The van der Waals surface area contributed by atoms with Gasteiger partial charge in [-0.1, -0.05) is 6.07 Å². The van der Waals surface area contributed by atoms with Gasteiger partial charge in [0.25, 0.3) is 0 Å². The molecule has 0 aliphatic carbocycles. The van der Waals surface area contributed by atoms with Crippen LogP contribution in [0.15, 0.2) is 46.3 Å². The van der Waals surface area contributed by atoms with E-state index in [1.807, 2.05) is 11.9 Å². The Morgan fingerprint density at radius 2 is 1.90 bits per heavy atom. The molecular formula is C28H40N4O8S2. The highest BCUT2D eigenvalue weighted by Crippen LogP contribution is 2.38. The topological polar surface area (TPSA) is 148 Å². The first-order valence-corrected chi connectivity index (χ1v) is 17.2. The number of piperidine rings is 1. The first kappa shape index (κ1) is 31.0. The number of hydrogen-bond donors (Lipinski definition) is 2. The Morgan fingerprint density at radius 1 is 1.14 bits per heavy atom. The molecule has 14 heteroatoms. The first-order chi connectivity index (χ1) is 19.9. The van der Waals surface area contributed by atoms with E-state index >= 15 is 0 Å². The molecule has 0 saturated carbocycles. The number of nitrogens with zero attached hydrogens (tertiary/aromatic N) is 3. The van der Waals surface area contributed by atoms with Crippen LogP contribution in [0.25, 0.3) is 0 Å². The molecule has 4 heterocycles. The van der Waals surface area contributed by atoms with Gasteiger partial charge in [-0.3, -0.25) is 0 Å². The largest absolute Gasteiger partial charge is 0.491 e. The molecule has 2 fully saturated rings. The van der Waals surface area contributed by atoms with Crippen molar-refractivity contribution >= 4 is 25.5 Å². The number of sulfonamides is 1. The van der Waals surface area contributed by atoms with Gasteiger partial charge in [0.15, 0.2) is 9.84 Å². The quantitative estimate of drug-likeness (QED) is 0.396. The van der Waals surface area contributed by atoms with Crippen LogP contribution in [0.1, 0.15) is 33.1 Å². The molecule has 0 amide bonds. The molecule has 0 bridgehead atoms. The fourth-order valence-corrected chi connectivity index (χ4v) is 8.02. The number of aliphatic hydroxyl groups excluding tert-OH is 1. The first-order valence-electron chi connectivity index (χ1n) is 14.3. The fourth-order valence-electron chi connectivity index (χ4n) is 5.52. The van der Waals surface area contributed by atoms with Crippen molar-refractivity contribution in [1.82, 2.24) is 14.6 Å². The van der Waals surface area contributed by atoms with Crippen LogP contribution in [0.4, 0.5) is 5.69 Å². The number of nitrogens with one attached hydrogen (secondary N) is 1. The van der Waals surface area contributed by atoms with Crippen molar-refractivity contribution in [2.75, 3.05) is 57.9 Å². The molecule has 42 heavy (non-hydrogen) atoms. The van der Waals surface area contributed by atoms with Gasteiger partial charge in [0.2, 0.25) is 15.9 Å². The summed E-state index contributed by atoms with van der Waals surface area (Å²) in [5.74, 6) is 0.827. The fraction of sp³-hybridized carbons (Fsp3) is 0.607. The van der Waals surface area contributed by atoms with Crippen LogP contribution in [-0.2, 0) is 24.6 Å². The zero-order chi connectivity index (χ0) is 30.1. The van der Waals surface area contributed by atoms with Gasteiger partial charge in [0.1, 0.15) is 35.7 Å². The smallest absolute Gasteiger partial charge is 0.244 e. The molecule has 1 aromatic carbocycles. The molecule has 3 aliphatic rings. The minimum atomic E-state index is -3.71. The predicted molar refractivity (Wildman–Crippen MR) is 156 cm³/mol. The number of sulfone groups is 1. The zero-order valence-electron chi connectivity index (χ0n) is 24.2. The van der Waals surface area contributed by atoms with Gasteiger partial charge >= 0.3 is 0 Å². The molecule has 0 unspecified atom stereocenters. The number of hydrogen-bond acceptors (Lipinski definition) is 11. The minimum Gasteiger partial charge on any atom is -0.491 e. The third kappa shape index (κ3) is 6.53. The second-order valence-electron chi connectivity index (χ2n) is 11.5. The number of anilines is 1. The molecule has 2 N–H and O–H groups in total. The van der Waals surface area contributed by atoms with Crippen LogP contribution in [0.2, 0.25) is 0 Å². The molecular weight excluding hydrogens is 584 g/mol. The summed E-state index contributed by atoms with van der Waals surface area (Å²) in [5.41, 5.74) is 0.263. The van der Waals surface area contributed by atoms with Gasteiger partial charge in [-0.15, -0.1) is 0 Å². The summed E-state index contributed by atoms with van der Waals surface area (Å²) in [7, 11) is -5.24. The van der Waals surface area contributed by atoms with E-state index in [1.54, 1.807) is 32.0 Å². The second-order valence-corrected chi connectivity index (χ2v) is 15.9. The van der Waals surface area contributed by atoms with Crippen molar-refractivity contribution in [2.45, 2.75) is 65.9 Å². The van der Waals surface area contributed by atoms with E-state index in [2.05, 4.69) is 10.3 Å². The molecule has 1 aromatic heterocycles. The highest BCUT2D eigenvalue weighted by molar-refractivity contribution is 7.92.